The fourth-order valence-corrected chi connectivity index (χ4v) is 6.66. The molecule has 1 unspecified atom stereocenters. The molecular formula is C28H23ClFNO4. The molecule has 35 heavy (non-hydrogen) atoms. The number of carbonyl (C=O) groups excluding carboxylic acids is 1. The van der Waals surface area contributed by atoms with E-state index in [0.717, 1.165) is 27.8 Å². The van der Waals surface area contributed by atoms with Gasteiger partial charge in [0.2, 0.25) is 0 Å². The first-order chi connectivity index (χ1) is 16.8. The average Bonchev–Trinajstić information content (AvgIpc) is 3.11. The van der Waals surface area contributed by atoms with Gasteiger partial charge in [0.25, 0.3) is 0 Å². The summed E-state index contributed by atoms with van der Waals surface area (Å²) in [6.07, 6.45) is 0.973. The molecule has 5 nitrogen and oxygen atoms in total. The molecule has 3 aromatic rings. The first-order valence-electron chi connectivity index (χ1n) is 11.6. The van der Waals surface area contributed by atoms with Crippen LogP contribution in [0.2, 0.25) is 5.02 Å². The molecule has 7 rings (SSSR count). The average molecular weight is 492 g/mol. The van der Waals surface area contributed by atoms with Gasteiger partial charge in [-0.05, 0) is 64.6 Å². The SMILES string of the molecule is O=C(NC(C(=O)O)C12CC(c3ccc(Cl)c(F)c3)(C1)C2)OCC1c2ccccc2-c2ccccc21. The highest BCUT2D eigenvalue weighted by Crippen LogP contribution is 2.75. The minimum absolute atomic E-state index is 0.0652. The Balaban J connectivity index is 1.13. The summed E-state index contributed by atoms with van der Waals surface area (Å²) in [5.74, 6) is -1.67. The van der Waals surface area contributed by atoms with E-state index in [2.05, 4.69) is 17.4 Å². The largest absolute Gasteiger partial charge is 0.480 e. The third-order valence-corrected chi connectivity index (χ3v) is 8.38. The van der Waals surface area contributed by atoms with Crippen LogP contribution in [0.25, 0.3) is 11.1 Å². The number of amides is 1. The minimum Gasteiger partial charge on any atom is -0.480 e. The van der Waals surface area contributed by atoms with Crippen molar-refractivity contribution in [1.29, 1.82) is 0 Å². The first kappa shape index (κ1) is 22.1. The van der Waals surface area contributed by atoms with Gasteiger partial charge in [-0.1, -0.05) is 66.2 Å². The number of carbonyl (C=O) groups is 2. The molecule has 4 aliphatic rings. The maximum absolute atomic E-state index is 13.9. The van der Waals surface area contributed by atoms with Gasteiger partial charge in [0.1, 0.15) is 18.5 Å². The van der Waals surface area contributed by atoms with Crippen LogP contribution in [0, 0.1) is 11.2 Å². The van der Waals surface area contributed by atoms with Crippen molar-refractivity contribution in [2.24, 2.45) is 5.41 Å². The van der Waals surface area contributed by atoms with Gasteiger partial charge in [0.15, 0.2) is 0 Å². The summed E-state index contributed by atoms with van der Waals surface area (Å²) in [5.41, 5.74) is 4.46. The summed E-state index contributed by atoms with van der Waals surface area (Å²) in [5, 5.41) is 12.5. The van der Waals surface area contributed by atoms with Crippen LogP contribution >= 0.6 is 11.6 Å². The number of hydrogen-bond donors (Lipinski definition) is 2. The topological polar surface area (TPSA) is 75.6 Å². The van der Waals surface area contributed by atoms with Crippen LogP contribution in [0.4, 0.5) is 9.18 Å². The van der Waals surface area contributed by atoms with Crippen LogP contribution in [0.1, 0.15) is 41.9 Å². The van der Waals surface area contributed by atoms with Crippen molar-refractivity contribution < 1.29 is 23.8 Å². The van der Waals surface area contributed by atoms with Gasteiger partial charge in [-0.2, -0.15) is 0 Å². The second-order valence-corrected chi connectivity index (χ2v) is 10.5. The highest BCUT2D eigenvalue weighted by molar-refractivity contribution is 6.30. The number of hydrogen-bond acceptors (Lipinski definition) is 3. The molecule has 0 saturated heterocycles. The molecule has 2 N–H and O–H groups in total. The van der Waals surface area contributed by atoms with Crippen molar-refractivity contribution in [2.45, 2.75) is 36.6 Å². The third-order valence-electron chi connectivity index (χ3n) is 8.07. The summed E-state index contributed by atoms with van der Waals surface area (Å²) in [6.45, 7) is 0.118. The number of aliphatic carboxylic acids is 1. The Hall–Kier alpha value is -3.38. The monoisotopic (exact) mass is 491 g/mol. The second-order valence-electron chi connectivity index (χ2n) is 10.0. The van der Waals surface area contributed by atoms with Crippen molar-refractivity contribution in [3.63, 3.8) is 0 Å². The Morgan fingerprint density at radius 3 is 2.20 bits per heavy atom. The van der Waals surface area contributed by atoms with Gasteiger partial charge in [-0.15, -0.1) is 0 Å². The van der Waals surface area contributed by atoms with Crippen molar-refractivity contribution in [1.82, 2.24) is 5.32 Å². The number of carboxylic acids is 1. The van der Waals surface area contributed by atoms with E-state index in [9.17, 15) is 19.1 Å². The predicted molar refractivity (Wildman–Crippen MR) is 129 cm³/mol. The lowest BCUT2D eigenvalue weighted by molar-refractivity contribution is -0.183. The summed E-state index contributed by atoms with van der Waals surface area (Å²) in [4.78, 5) is 24.8. The van der Waals surface area contributed by atoms with Gasteiger partial charge < -0.3 is 15.2 Å². The summed E-state index contributed by atoms with van der Waals surface area (Å²) in [6, 6.07) is 19.8. The van der Waals surface area contributed by atoms with Crippen LogP contribution in [0.15, 0.2) is 66.7 Å². The van der Waals surface area contributed by atoms with Crippen LogP contribution in [0.3, 0.4) is 0 Å². The molecule has 3 saturated carbocycles. The molecule has 0 heterocycles. The predicted octanol–water partition coefficient (Wildman–Crippen LogP) is 5.89. The van der Waals surface area contributed by atoms with E-state index < -0.39 is 29.3 Å². The lowest BCUT2D eigenvalue weighted by Gasteiger charge is -2.72. The molecule has 7 heteroatoms. The number of rotatable bonds is 6. The molecule has 1 amide bonds. The standard InChI is InChI=1S/C28H23ClFNO4/c29-22-10-9-16(11-23(22)30)27-13-28(14-27,15-27)24(25(32)33)31-26(34)35-12-21-19-7-3-1-5-17(19)18-6-2-4-8-20(18)21/h1-11,21,24H,12-15H2,(H,31,34)(H,32,33). The Labute approximate surface area is 206 Å². The first-order valence-corrected chi connectivity index (χ1v) is 12.0. The fraction of sp³-hybridized carbons (Fsp3) is 0.286. The molecule has 3 fully saturated rings. The number of benzene rings is 3. The number of fused-ring (bicyclic) bond motifs is 3. The van der Waals surface area contributed by atoms with Crippen molar-refractivity contribution in [3.8, 4) is 11.1 Å². The molecule has 0 aliphatic heterocycles. The molecule has 2 bridgehead atoms. The molecule has 3 aromatic carbocycles. The van der Waals surface area contributed by atoms with Gasteiger partial charge in [0, 0.05) is 11.3 Å². The van der Waals surface area contributed by atoms with Gasteiger partial charge in [0.05, 0.1) is 5.02 Å². The normalized spacial score (nSPS) is 24.4. The summed E-state index contributed by atoms with van der Waals surface area (Å²) < 4.78 is 19.5. The Morgan fingerprint density at radius 1 is 1.03 bits per heavy atom. The molecule has 0 spiro atoms. The summed E-state index contributed by atoms with van der Waals surface area (Å²) in [7, 11) is 0. The molecule has 1 atom stereocenters. The van der Waals surface area contributed by atoms with Crippen molar-refractivity contribution in [2.75, 3.05) is 6.61 Å². The van der Waals surface area contributed by atoms with E-state index >= 15 is 0 Å². The smallest absolute Gasteiger partial charge is 0.407 e. The van der Waals surface area contributed by atoms with Crippen molar-refractivity contribution in [3.05, 3.63) is 94.3 Å². The number of alkyl carbamates (subject to hydrolysis) is 1. The number of nitrogens with one attached hydrogen (secondary N) is 1. The quantitative estimate of drug-likeness (QED) is 0.450. The highest BCUT2D eigenvalue weighted by Gasteiger charge is 2.72. The minimum atomic E-state index is -1.09. The maximum Gasteiger partial charge on any atom is 0.407 e. The Bertz CT molecular complexity index is 1310. The van der Waals surface area contributed by atoms with Crippen molar-refractivity contribution >= 4 is 23.7 Å². The van der Waals surface area contributed by atoms with E-state index in [1.165, 1.54) is 12.1 Å². The van der Waals surface area contributed by atoms with Crippen LogP contribution in [0.5, 0.6) is 0 Å². The van der Waals surface area contributed by atoms with Crippen LogP contribution < -0.4 is 5.32 Å². The molecule has 4 aliphatic carbocycles. The zero-order valence-electron chi connectivity index (χ0n) is 18.8. The third kappa shape index (κ3) is 3.34. The zero-order valence-corrected chi connectivity index (χ0v) is 19.5. The van der Waals surface area contributed by atoms with E-state index in [0.29, 0.717) is 19.3 Å². The van der Waals surface area contributed by atoms with E-state index in [-0.39, 0.29) is 23.0 Å². The van der Waals surface area contributed by atoms with Gasteiger partial charge in [-0.25, -0.2) is 14.0 Å². The van der Waals surface area contributed by atoms with E-state index in [1.807, 2.05) is 36.4 Å². The molecule has 0 radical (unpaired) electrons. The van der Waals surface area contributed by atoms with E-state index in [4.69, 9.17) is 16.3 Å². The van der Waals surface area contributed by atoms with Gasteiger partial charge >= 0.3 is 12.1 Å². The number of ether oxygens (including phenoxy) is 1. The van der Waals surface area contributed by atoms with Crippen LogP contribution in [-0.2, 0) is 14.9 Å². The summed E-state index contributed by atoms with van der Waals surface area (Å²) >= 11 is 5.80. The number of carboxylic acid groups (broad SMARTS) is 1. The Kier molecular flexibility index (Phi) is 4.94. The lowest BCUT2D eigenvalue weighted by atomic mass is 9.31. The maximum atomic E-state index is 13.9. The van der Waals surface area contributed by atoms with Crippen LogP contribution in [-0.4, -0.2) is 29.8 Å². The molecule has 0 aromatic heterocycles. The van der Waals surface area contributed by atoms with Gasteiger partial charge in [-0.3, -0.25) is 0 Å². The molecular weight excluding hydrogens is 469 g/mol. The van der Waals surface area contributed by atoms with E-state index in [1.54, 1.807) is 6.07 Å². The Morgan fingerprint density at radius 2 is 1.63 bits per heavy atom. The number of halogens is 2. The fourth-order valence-electron chi connectivity index (χ4n) is 6.54. The lowest BCUT2D eigenvalue weighted by Crippen LogP contribution is -2.73. The molecule has 178 valence electrons. The second kappa shape index (κ2) is 7.82. The zero-order chi connectivity index (χ0) is 24.4. The highest BCUT2D eigenvalue weighted by atomic mass is 35.5.